The molecular weight excluding hydrogens is 248 g/mol. The van der Waals surface area contributed by atoms with E-state index in [0.717, 1.165) is 24.2 Å². The zero-order valence-electron chi connectivity index (χ0n) is 11.8. The maximum atomic E-state index is 11.5. The van der Waals surface area contributed by atoms with Gasteiger partial charge in [-0.3, -0.25) is 4.79 Å². The fourth-order valence-electron chi connectivity index (χ4n) is 2.05. The molecule has 0 unspecified atom stereocenters. The summed E-state index contributed by atoms with van der Waals surface area (Å²) in [5.41, 5.74) is 2.09. The Kier molecular flexibility index (Phi) is 5.36. The van der Waals surface area contributed by atoms with Gasteiger partial charge >= 0.3 is 0 Å². The summed E-state index contributed by atoms with van der Waals surface area (Å²) in [6.07, 6.45) is 2.55. The minimum absolute atomic E-state index is 0.167. The molecule has 0 aliphatic rings. The van der Waals surface area contributed by atoms with Crippen LogP contribution >= 0.6 is 0 Å². The van der Waals surface area contributed by atoms with Crippen LogP contribution < -0.4 is 4.74 Å². The summed E-state index contributed by atoms with van der Waals surface area (Å²) in [6.45, 7) is 2.56. The number of Topliss-reactive ketones (excluding diaryl/α,β-unsaturated/α-hetero) is 1. The number of rotatable bonds is 7. The van der Waals surface area contributed by atoms with Gasteiger partial charge in [0.15, 0.2) is 5.78 Å². The maximum Gasteiger partial charge on any atom is 0.162 e. The van der Waals surface area contributed by atoms with Gasteiger partial charge in [-0.2, -0.15) is 0 Å². The van der Waals surface area contributed by atoms with Gasteiger partial charge in [-0.1, -0.05) is 37.3 Å². The van der Waals surface area contributed by atoms with Crippen molar-refractivity contribution in [1.29, 1.82) is 0 Å². The number of ketones is 1. The number of hydrogen-bond donors (Lipinski definition) is 0. The Morgan fingerprint density at radius 3 is 2.35 bits per heavy atom. The number of benzene rings is 2. The van der Waals surface area contributed by atoms with Crippen molar-refractivity contribution in [3.63, 3.8) is 0 Å². The Hall–Kier alpha value is -2.09. The van der Waals surface area contributed by atoms with E-state index in [9.17, 15) is 4.79 Å². The fraction of sp³-hybridized carbons (Fsp3) is 0.278. The summed E-state index contributed by atoms with van der Waals surface area (Å²) in [5.74, 6) is 0.992. The van der Waals surface area contributed by atoms with Crippen molar-refractivity contribution in [1.82, 2.24) is 0 Å². The molecule has 0 heterocycles. The van der Waals surface area contributed by atoms with Gasteiger partial charge in [0.1, 0.15) is 5.75 Å². The summed E-state index contributed by atoms with van der Waals surface area (Å²) in [7, 11) is 0. The van der Waals surface area contributed by atoms with Crippen LogP contribution in [-0.4, -0.2) is 12.4 Å². The monoisotopic (exact) mass is 268 g/mol. The molecule has 2 heteroatoms. The largest absolute Gasteiger partial charge is 0.494 e. The molecule has 0 spiro atoms. The van der Waals surface area contributed by atoms with Gasteiger partial charge in [0.2, 0.25) is 0 Å². The van der Waals surface area contributed by atoms with Crippen LogP contribution in [0.25, 0.3) is 0 Å². The SMILES string of the molecule is CCC(=O)c1ccc(OCCCc2ccccc2)cc1. The Balaban J connectivity index is 1.75. The van der Waals surface area contributed by atoms with E-state index in [1.807, 2.05) is 37.3 Å². The average Bonchev–Trinajstić information content (AvgIpc) is 2.52. The third-order valence-corrected chi connectivity index (χ3v) is 3.22. The van der Waals surface area contributed by atoms with Gasteiger partial charge in [0, 0.05) is 12.0 Å². The lowest BCUT2D eigenvalue weighted by atomic mass is 10.1. The lowest BCUT2D eigenvalue weighted by Crippen LogP contribution is -2.00. The van der Waals surface area contributed by atoms with Crippen LogP contribution in [0.1, 0.15) is 35.7 Å². The first-order valence-corrected chi connectivity index (χ1v) is 7.09. The van der Waals surface area contributed by atoms with E-state index in [4.69, 9.17) is 4.74 Å². The molecule has 2 rings (SSSR count). The number of carbonyl (C=O) groups excluding carboxylic acids is 1. The second-order valence-corrected chi connectivity index (χ2v) is 4.74. The Bertz CT molecular complexity index is 529. The highest BCUT2D eigenvalue weighted by molar-refractivity contribution is 5.95. The van der Waals surface area contributed by atoms with Gasteiger partial charge in [-0.25, -0.2) is 0 Å². The molecular formula is C18H20O2. The first kappa shape index (κ1) is 14.3. The molecule has 0 aliphatic carbocycles. The summed E-state index contributed by atoms with van der Waals surface area (Å²) in [6, 6.07) is 17.8. The van der Waals surface area contributed by atoms with Crippen LogP contribution in [0.2, 0.25) is 0 Å². The second kappa shape index (κ2) is 7.49. The Morgan fingerprint density at radius 2 is 1.70 bits per heavy atom. The molecule has 2 aromatic rings. The lowest BCUT2D eigenvalue weighted by Gasteiger charge is -2.07. The summed E-state index contributed by atoms with van der Waals surface area (Å²) in [5, 5.41) is 0. The van der Waals surface area contributed by atoms with E-state index in [0.29, 0.717) is 13.0 Å². The molecule has 0 aromatic heterocycles. The molecule has 2 nitrogen and oxygen atoms in total. The van der Waals surface area contributed by atoms with Crippen molar-refractivity contribution in [3.05, 3.63) is 65.7 Å². The van der Waals surface area contributed by atoms with Crippen LogP contribution in [-0.2, 0) is 6.42 Å². The molecule has 2 aromatic carbocycles. The number of ether oxygens (including phenoxy) is 1. The molecule has 0 saturated heterocycles. The Morgan fingerprint density at radius 1 is 1.00 bits per heavy atom. The minimum atomic E-state index is 0.167. The van der Waals surface area contributed by atoms with E-state index >= 15 is 0 Å². The van der Waals surface area contributed by atoms with Crippen molar-refractivity contribution in [2.24, 2.45) is 0 Å². The molecule has 0 fully saturated rings. The predicted octanol–water partition coefficient (Wildman–Crippen LogP) is 4.29. The summed E-state index contributed by atoms with van der Waals surface area (Å²) < 4.78 is 5.68. The van der Waals surface area contributed by atoms with E-state index in [-0.39, 0.29) is 5.78 Å². The van der Waals surface area contributed by atoms with Gasteiger partial charge < -0.3 is 4.74 Å². The first-order valence-electron chi connectivity index (χ1n) is 7.09. The topological polar surface area (TPSA) is 26.3 Å². The molecule has 0 saturated carbocycles. The van der Waals surface area contributed by atoms with Gasteiger partial charge in [0.05, 0.1) is 6.61 Å². The van der Waals surface area contributed by atoms with Gasteiger partial charge in [0.25, 0.3) is 0 Å². The third kappa shape index (κ3) is 4.23. The van der Waals surface area contributed by atoms with Crippen LogP contribution in [0.15, 0.2) is 54.6 Å². The lowest BCUT2D eigenvalue weighted by molar-refractivity contribution is 0.0988. The fourth-order valence-corrected chi connectivity index (χ4v) is 2.05. The molecule has 20 heavy (non-hydrogen) atoms. The van der Waals surface area contributed by atoms with E-state index < -0.39 is 0 Å². The molecule has 104 valence electrons. The molecule has 0 aliphatic heterocycles. The molecule has 0 amide bonds. The maximum absolute atomic E-state index is 11.5. The average molecular weight is 268 g/mol. The van der Waals surface area contributed by atoms with Crippen molar-refractivity contribution in [2.75, 3.05) is 6.61 Å². The van der Waals surface area contributed by atoms with Crippen molar-refractivity contribution < 1.29 is 9.53 Å². The highest BCUT2D eigenvalue weighted by Crippen LogP contribution is 2.14. The predicted molar refractivity (Wildman–Crippen MR) is 81.3 cm³/mol. The minimum Gasteiger partial charge on any atom is -0.494 e. The quantitative estimate of drug-likeness (QED) is 0.553. The van der Waals surface area contributed by atoms with Gasteiger partial charge in [-0.05, 0) is 42.7 Å². The highest BCUT2D eigenvalue weighted by atomic mass is 16.5. The zero-order valence-corrected chi connectivity index (χ0v) is 11.8. The van der Waals surface area contributed by atoms with Crippen LogP contribution in [0.4, 0.5) is 0 Å². The zero-order chi connectivity index (χ0) is 14.2. The summed E-state index contributed by atoms with van der Waals surface area (Å²) in [4.78, 5) is 11.5. The number of hydrogen-bond acceptors (Lipinski definition) is 2. The molecule has 0 bridgehead atoms. The summed E-state index contributed by atoms with van der Waals surface area (Å²) >= 11 is 0. The van der Waals surface area contributed by atoms with Crippen molar-refractivity contribution in [2.45, 2.75) is 26.2 Å². The standard InChI is InChI=1S/C18H20O2/c1-2-18(19)16-10-12-17(13-11-16)20-14-6-9-15-7-4-3-5-8-15/h3-5,7-8,10-13H,2,6,9,14H2,1H3. The molecule has 0 atom stereocenters. The second-order valence-electron chi connectivity index (χ2n) is 4.74. The van der Waals surface area contributed by atoms with Crippen LogP contribution in [0, 0.1) is 0 Å². The number of aryl methyl sites for hydroxylation is 1. The smallest absolute Gasteiger partial charge is 0.162 e. The van der Waals surface area contributed by atoms with Crippen LogP contribution in [0.3, 0.4) is 0 Å². The van der Waals surface area contributed by atoms with E-state index in [2.05, 4.69) is 24.3 Å². The van der Waals surface area contributed by atoms with Gasteiger partial charge in [-0.15, -0.1) is 0 Å². The van der Waals surface area contributed by atoms with E-state index in [1.165, 1.54) is 5.56 Å². The first-order chi connectivity index (χ1) is 9.79. The molecule has 0 radical (unpaired) electrons. The third-order valence-electron chi connectivity index (χ3n) is 3.22. The van der Waals surface area contributed by atoms with E-state index in [1.54, 1.807) is 0 Å². The molecule has 0 N–H and O–H groups in total. The van der Waals surface area contributed by atoms with Crippen LogP contribution in [0.5, 0.6) is 5.75 Å². The number of carbonyl (C=O) groups is 1. The normalized spacial score (nSPS) is 10.2. The highest BCUT2D eigenvalue weighted by Gasteiger charge is 2.02. The Labute approximate surface area is 120 Å². The van der Waals surface area contributed by atoms with Crippen molar-refractivity contribution >= 4 is 5.78 Å². The van der Waals surface area contributed by atoms with Crippen molar-refractivity contribution in [3.8, 4) is 5.75 Å².